The number of imidazole rings is 1. The second-order valence-corrected chi connectivity index (χ2v) is 7.38. The van der Waals surface area contributed by atoms with E-state index in [0.717, 1.165) is 13.0 Å². The Labute approximate surface area is 145 Å². The topological polar surface area (TPSA) is 34.0 Å². The van der Waals surface area contributed by atoms with E-state index in [2.05, 4.69) is 52.5 Å². The second kappa shape index (κ2) is 7.93. The molecule has 0 radical (unpaired) electrons. The first-order chi connectivity index (χ1) is 11.6. The lowest BCUT2D eigenvalue weighted by Gasteiger charge is -2.28. The Kier molecular flexibility index (Phi) is 5.67. The van der Waals surface area contributed by atoms with Crippen LogP contribution in [0.3, 0.4) is 0 Å². The Hall–Kier alpha value is -1.68. The largest absolute Gasteiger partial charge is 0.330 e. The number of hydrogen-bond donors (Lipinski definition) is 0. The van der Waals surface area contributed by atoms with Crippen molar-refractivity contribution in [2.24, 2.45) is 0 Å². The van der Waals surface area contributed by atoms with Crippen molar-refractivity contribution in [2.75, 3.05) is 7.05 Å². The maximum atomic E-state index is 4.51. The Morgan fingerprint density at radius 1 is 1.29 bits per heavy atom. The summed E-state index contributed by atoms with van der Waals surface area (Å²) < 4.78 is 2.42. The van der Waals surface area contributed by atoms with E-state index >= 15 is 0 Å². The molecule has 2 aromatic rings. The monoisotopic (exact) mass is 326 g/mol. The molecule has 130 valence electrons. The van der Waals surface area contributed by atoms with E-state index in [4.69, 9.17) is 0 Å². The second-order valence-electron chi connectivity index (χ2n) is 7.38. The van der Waals surface area contributed by atoms with Crippen molar-refractivity contribution in [1.82, 2.24) is 19.4 Å². The van der Waals surface area contributed by atoms with Crippen molar-refractivity contribution in [1.29, 1.82) is 0 Å². The van der Waals surface area contributed by atoms with Crippen LogP contribution in [0.4, 0.5) is 0 Å². The van der Waals surface area contributed by atoms with Crippen LogP contribution in [0.25, 0.3) is 0 Å². The summed E-state index contributed by atoms with van der Waals surface area (Å²) in [7, 11) is 2.21. The molecule has 0 bridgehead atoms. The van der Waals surface area contributed by atoms with Gasteiger partial charge in [0.05, 0.1) is 12.0 Å². The van der Waals surface area contributed by atoms with Gasteiger partial charge in [0.15, 0.2) is 0 Å². The van der Waals surface area contributed by atoms with Gasteiger partial charge in [-0.05, 0) is 51.4 Å². The van der Waals surface area contributed by atoms with Gasteiger partial charge in [0.1, 0.15) is 0 Å². The molecule has 1 saturated carbocycles. The number of aromatic nitrogens is 3. The van der Waals surface area contributed by atoms with Crippen LogP contribution < -0.4 is 0 Å². The van der Waals surface area contributed by atoms with Crippen molar-refractivity contribution in [3.05, 3.63) is 47.8 Å². The van der Waals surface area contributed by atoms with E-state index in [0.29, 0.717) is 12.1 Å². The minimum absolute atomic E-state index is 0.453. The standard InChI is InChI=1S/C20H30N4/c1-16-9-10-22-18(11-16)12-17(2)23(3)14-20-13-21-15-24(20)19-7-5-4-6-8-19/h9-11,13,15,17,19H,4-8,12,14H2,1-3H3/t17-/m0/s1. The maximum Gasteiger partial charge on any atom is 0.0951 e. The van der Waals surface area contributed by atoms with Crippen LogP contribution in [0, 0.1) is 6.92 Å². The zero-order valence-corrected chi connectivity index (χ0v) is 15.3. The average molecular weight is 326 g/mol. The van der Waals surface area contributed by atoms with Crippen molar-refractivity contribution >= 4 is 0 Å². The first-order valence-corrected chi connectivity index (χ1v) is 9.26. The third-order valence-electron chi connectivity index (χ3n) is 5.35. The van der Waals surface area contributed by atoms with Crippen LogP contribution in [0.2, 0.25) is 0 Å². The van der Waals surface area contributed by atoms with Crippen molar-refractivity contribution in [2.45, 2.75) is 71.0 Å². The maximum absolute atomic E-state index is 4.51. The summed E-state index contributed by atoms with van der Waals surface area (Å²) in [6.45, 7) is 5.36. The van der Waals surface area contributed by atoms with E-state index in [9.17, 15) is 0 Å². The van der Waals surface area contributed by atoms with Crippen LogP contribution in [-0.2, 0) is 13.0 Å². The lowest BCUT2D eigenvalue weighted by molar-refractivity contribution is 0.234. The van der Waals surface area contributed by atoms with Gasteiger partial charge in [-0.1, -0.05) is 19.3 Å². The molecule has 0 aromatic carbocycles. The molecule has 0 aliphatic heterocycles. The molecule has 1 fully saturated rings. The number of pyridine rings is 1. The fourth-order valence-corrected chi connectivity index (χ4v) is 3.72. The molecule has 4 nitrogen and oxygen atoms in total. The third-order valence-corrected chi connectivity index (χ3v) is 5.35. The average Bonchev–Trinajstić information content (AvgIpc) is 3.03. The predicted molar refractivity (Wildman–Crippen MR) is 98.0 cm³/mol. The normalized spacial score (nSPS) is 17.3. The highest BCUT2D eigenvalue weighted by Crippen LogP contribution is 2.29. The van der Waals surface area contributed by atoms with Gasteiger partial charge in [0.25, 0.3) is 0 Å². The summed E-state index contributed by atoms with van der Waals surface area (Å²) in [6, 6.07) is 5.35. The van der Waals surface area contributed by atoms with Crippen molar-refractivity contribution in [3.63, 3.8) is 0 Å². The van der Waals surface area contributed by atoms with Crippen LogP contribution in [0.5, 0.6) is 0 Å². The van der Waals surface area contributed by atoms with Crippen LogP contribution in [-0.4, -0.2) is 32.5 Å². The van der Waals surface area contributed by atoms with Gasteiger partial charge in [0.2, 0.25) is 0 Å². The molecule has 1 aliphatic rings. The SMILES string of the molecule is Cc1ccnc(C[C@H](C)N(C)Cc2cncn2C2CCCCC2)c1. The van der Waals surface area contributed by atoms with Gasteiger partial charge in [-0.25, -0.2) is 4.98 Å². The van der Waals surface area contributed by atoms with E-state index in [1.54, 1.807) is 0 Å². The van der Waals surface area contributed by atoms with E-state index in [-0.39, 0.29) is 0 Å². The van der Waals surface area contributed by atoms with Crippen LogP contribution >= 0.6 is 0 Å². The van der Waals surface area contributed by atoms with Gasteiger partial charge < -0.3 is 4.57 Å². The van der Waals surface area contributed by atoms with Crippen molar-refractivity contribution < 1.29 is 0 Å². The minimum Gasteiger partial charge on any atom is -0.330 e. The molecule has 0 N–H and O–H groups in total. The quantitative estimate of drug-likeness (QED) is 0.799. The zero-order valence-electron chi connectivity index (χ0n) is 15.3. The first-order valence-electron chi connectivity index (χ1n) is 9.26. The van der Waals surface area contributed by atoms with E-state index < -0.39 is 0 Å². The fourth-order valence-electron chi connectivity index (χ4n) is 3.72. The highest BCUT2D eigenvalue weighted by atomic mass is 15.2. The molecule has 1 aliphatic carbocycles. The molecule has 0 unspecified atom stereocenters. The van der Waals surface area contributed by atoms with E-state index in [1.807, 2.05) is 18.7 Å². The highest BCUT2D eigenvalue weighted by Gasteiger charge is 2.19. The molecule has 0 saturated heterocycles. The van der Waals surface area contributed by atoms with Crippen LogP contribution in [0.15, 0.2) is 30.9 Å². The lowest BCUT2D eigenvalue weighted by atomic mass is 9.95. The molecule has 4 heteroatoms. The van der Waals surface area contributed by atoms with E-state index in [1.165, 1.54) is 49.1 Å². The first kappa shape index (κ1) is 17.2. The number of likely N-dealkylation sites (N-methyl/N-ethyl adjacent to an activating group) is 1. The minimum atomic E-state index is 0.453. The smallest absolute Gasteiger partial charge is 0.0951 e. The zero-order chi connectivity index (χ0) is 16.9. The summed E-state index contributed by atoms with van der Waals surface area (Å²) in [5.74, 6) is 0. The molecule has 24 heavy (non-hydrogen) atoms. The Morgan fingerprint density at radius 2 is 2.08 bits per heavy atom. The molecular formula is C20H30N4. The number of hydrogen-bond acceptors (Lipinski definition) is 3. The van der Waals surface area contributed by atoms with Gasteiger partial charge in [-0.3, -0.25) is 9.88 Å². The number of nitrogens with zero attached hydrogens (tertiary/aromatic N) is 4. The predicted octanol–water partition coefficient (Wildman–Crippen LogP) is 4.15. The Morgan fingerprint density at radius 3 is 2.83 bits per heavy atom. The Bertz CT molecular complexity index is 643. The Balaban J connectivity index is 1.62. The van der Waals surface area contributed by atoms with Gasteiger partial charge >= 0.3 is 0 Å². The lowest BCUT2D eigenvalue weighted by Crippen LogP contribution is -2.32. The summed E-state index contributed by atoms with van der Waals surface area (Å²) in [4.78, 5) is 11.4. The summed E-state index contributed by atoms with van der Waals surface area (Å²) >= 11 is 0. The highest BCUT2D eigenvalue weighted by molar-refractivity contribution is 5.15. The van der Waals surface area contributed by atoms with Gasteiger partial charge in [-0.2, -0.15) is 0 Å². The molecule has 3 rings (SSSR count). The third kappa shape index (κ3) is 4.23. The summed E-state index contributed by atoms with van der Waals surface area (Å²) in [6.07, 6.45) is 13.7. The van der Waals surface area contributed by atoms with Gasteiger partial charge in [0, 0.05) is 43.1 Å². The summed E-state index contributed by atoms with van der Waals surface area (Å²) in [5, 5.41) is 0. The molecular weight excluding hydrogens is 296 g/mol. The number of rotatable bonds is 6. The number of aryl methyl sites for hydroxylation is 1. The molecule has 1 atom stereocenters. The van der Waals surface area contributed by atoms with Crippen LogP contribution in [0.1, 0.15) is 62.0 Å². The van der Waals surface area contributed by atoms with Gasteiger partial charge in [-0.15, -0.1) is 0 Å². The fraction of sp³-hybridized carbons (Fsp3) is 0.600. The van der Waals surface area contributed by atoms with Crippen molar-refractivity contribution in [3.8, 4) is 0 Å². The molecule has 2 aromatic heterocycles. The molecule has 0 amide bonds. The summed E-state index contributed by atoms with van der Waals surface area (Å²) in [5.41, 5.74) is 3.80. The molecule has 0 spiro atoms. The molecule has 2 heterocycles.